The van der Waals surface area contributed by atoms with Gasteiger partial charge < -0.3 is 20.1 Å². The molecule has 1 amide bonds. The molecule has 0 bridgehead atoms. The van der Waals surface area contributed by atoms with Crippen molar-refractivity contribution in [2.24, 2.45) is 7.05 Å². The Morgan fingerprint density at radius 2 is 2.22 bits per heavy atom. The Labute approximate surface area is 186 Å². The largest absolute Gasteiger partial charge is 0.446 e. The number of nitrogens with one attached hydrogen (secondary N) is 3. The van der Waals surface area contributed by atoms with Crippen LogP contribution in [0.15, 0.2) is 18.3 Å². The monoisotopic (exact) mass is 439 g/mol. The van der Waals surface area contributed by atoms with Crippen LogP contribution in [-0.2, 0) is 23.1 Å². The molecule has 170 valence electrons. The number of ether oxygens (including phenoxy) is 2. The van der Waals surface area contributed by atoms with Gasteiger partial charge in [0.2, 0.25) is 0 Å². The van der Waals surface area contributed by atoms with Gasteiger partial charge in [-0.1, -0.05) is 0 Å². The standard InChI is InChI=1S/C22H29N7O3/c1-22(7-8-22)25-21(30)32-14-5-4-13(10-14)16-11-18(27-26-16)24-15-6-9-23-19-17(12-31-3)28-29(2)20(15)19/h6,9,11,13-14H,4-5,7-8,10,12H2,1-3H3,(H,25,30)(H2,23,24,26,27). The quantitative estimate of drug-likeness (QED) is 0.515. The van der Waals surface area contributed by atoms with E-state index in [9.17, 15) is 4.79 Å². The fourth-order valence-electron chi connectivity index (χ4n) is 4.42. The number of H-pyrrole nitrogens is 1. The third-order valence-electron chi connectivity index (χ3n) is 6.44. The summed E-state index contributed by atoms with van der Waals surface area (Å²) in [6, 6.07) is 3.93. The number of carbonyl (C=O) groups is 1. The first-order valence-corrected chi connectivity index (χ1v) is 11.0. The zero-order valence-electron chi connectivity index (χ0n) is 18.6. The molecule has 0 spiro atoms. The van der Waals surface area contributed by atoms with Crippen LogP contribution in [0.3, 0.4) is 0 Å². The van der Waals surface area contributed by atoms with E-state index in [1.165, 1.54) is 0 Å². The number of hydrogen-bond acceptors (Lipinski definition) is 7. The fourth-order valence-corrected chi connectivity index (χ4v) is 4.42. The SMILES string of the molecule is COCc1nn(C)c2c(Nc3cc(C4CCC(OC(=O)NC5(C)CC5)C4)[nH]n3)ccnc12. The molecule has 2 saturated carbocycles. The number of anilines is 2. The number of aromatic amines is 1. The van der Waals surface area contributed by atoms with E-state index in [1.807, 2.05) is 26.1 Å². The minimum Gasteiger partial charge on any atom is -0.446 e. The van der Waals surface area contributed by atoms with Gasteiger partial charge in [0.15, 0.2) is 5.82 Å². The zero-order valence-corrected chi connectivity index (χ0v) is 18.6. The van der Waals surface area contributed by atoms with Crippen molar-refractivity contribution in [2.45, 2.75) is 63.2 Å². The van der Waals surface area contributed by atoms with Gasteiger partial charge in [-0.3, -0.25) is 14.8 Å². The minimum absolute atomic E-state index is 0.0597. The molecule has 3 N–H and O–H groups in total. The Morgan fingerprint density at radius 3 is 3.00 bits per heavy atom. The van der Waals surface area contributed by atoms with Gasteiger partial charge in [-0.05, 0) is 45.1 Å². The third kappa shape index (κ3) is 4.14. The van der Waals surface area contributed by atoms with Gasteiger partial charge in [-0.2, -0.15) is 10.2 Å². The lowest BCUT2D eigenvalue weighted by molar-refractivity contribution is 0.0967. The molecule has 3 heterocycles. The molecular formula is C22H29N7O3. The molecule has 0 aromatic carbocycles. The molecule has 2 fully saturated rings. The molecule has 10 heteroatoms. The number of nitrogens with zero attached hydrogens (tertiary/aromatic N) is 4. The van der Waals surface area contributed by atoms with Crippen molar-refractivity contribution in [3.8, 4) is 0 Å². The summed E-state index contributed by atoms with van der Waals surface area (Å²) in [4.78, 5) is 16.6. The molecule has 0 radical (unpaired) electrons. The first-order chi connectivity index (χ1) is 15.4. The zero-order chi connectivity index (χ0) is 22.3. The molecule has 2 atom stereocenters. The van der Waals surface area contributed by atoms with Crippen molar-refractivity contribution in [2.75, 3.05) is 12.4 Å². The lowest BCUT2D eigenvalue weighted by atomic mass is 10.0. The lowest BCUT2D eigenvalue weighted by Crippen LogP contribution is -2.36. The van der Waals surface area contributed by atoms with Crippen molar-refractivity contribution < 1.29 is 14.3 Å². The highest BCUT2D eigenvalue weighted by atomic mass is 16.6. The summed E-state index contributed by atoms with van der Waals surface area (Å²) in [6.07, 6.45) is 6.06. The van der Waals surface area contributed by atoms with Crippen LogP contribution in [0.4, 0.5) is 16.3 Å². The Morgan fingerprint density at radius 1 is 1.38 bits per heavy atom. The van der Waals surface area contributed by atoms with Crippen molar-refractivity contribution >= 4 is 28.6 Å². The number of aromatic nitrogens is 5. The van der Waals surface area contributed by atoms with Gasteiger partial charge in [0.05, 0.1) is 12.3 Å². The van der Waals surface area contributed by atoms with E-state index >= 15 is 0 Å². The first kappa shape index (κ1) is 20.7. The van der Waals surface area contributed by atoms with E-state index in [1.54, 1.807) is 18.0 Å². The van der Waals surface area contributed by atoms with Gasteiger partial charge in [0.25, 0.3) is 0 Å². The fraction of sp³-hybridized carbons (Fsp3) is 0.545. The van der Waals surface area contributed by atoms with E-state index in [4.69, 9.17) is 9.47 Å². The van der Waals surface area contributed by atoms with E-state index in [2.05, 4.69) is 30.9 Å². The van der Waals surface area contributed by atoms with E-state index in [0.29, 0.717) is 6.61 Å². The van der Waals surface area contributed by atoms with E-state index in [-0.39, 0.29) is 23.7 Å². The Balaban J connectivity index is 1.24. The molecule has 2 unspecified atom stereocenters. The first-order valence-electron chi connectivity index (χ1n) is 11.0. The number of hydrogen-bond donors (Lipinski definition) is 3. The average Bonchev–Trinajstić information content (AvgIpc) is 3.13. The molecule has 3 aromatic rings. The number of amides is 1. The number of alkyl carbamates (subject to hydrolysis) is 1. The predicted molar refractivity (Wildman–Crippen MR) is 119 cm³/mol. The van der Waals surface area contributed by atoms with Crippen LogP contribution < -0.4 is 10.6 Å². The number of rotatable bonds is 7. The molecule has 3 aromatic heterocycles. The minimum atomic E-state index is -0.298. The highest BCUT2D eigenvalue weighted by Gasteiger charge is 2.40. The number of pyridine rings is 1. The van der Waals surface area contributed by atoms with Crippen molar-refractivity contribution in [3.63, 3.8) is 0 Å². The molecule has 2 aliphatic carbocycles. The number of fused-ring (bicyclic) bond motifs is 1. The van der Waals surface area contributed by atoms with Crippen LogP contribution in [0.25, 0.3) is 11.0 Å². The van der Waals surface area contributed by atoms with Crippen LogP contribution in [0, 0.1) is 0 Å². The molecule has 32 heavy (non-hydrogen) atoms. The van der Waals surface area contributed by atoms with Crippen LogP contribution in [0.2, 0.25) is 0 Å². The van der Waals surface area contributed by atoms with Crippen LogP contribution in [0.1, 0.15) is 56.3 Å². The Kier molecular flexibility index (Phi) is 5.24. The van der Waals surface area contributed by atoms with Gasteiger partial charge >= 0.3 is 6.09 Å². The summed E-state index contributed by atoms with van der Waals surface area (Å²) in [7, 11) is 3.54. The average molecular weight is 440 g/mol. The maximum atomic E-state index is 12.1. The van der Waals surface area contributed by atoms with Crippen molar-refractivity contribution in [3.05, 3.63) is 29.7 Å². The van der Waals surface area contributed by atoms with Gasteiger partial charge in [-0.25, -0.2) is 4.79 Å². The highest BCUT2D eigenvalue weighted by Crippen LogP contribution is 2.38. The summed E-state index contributed by atoms with van der Waals surface area (Å²) in [6.45, 7) is 2.45. The Hall–Kier alpha value is -3.14. The molecule has 10 nitrogen and oxygen atoms in total. The van der Waals surface area contributed by atoms with Gasteiger partial charge in [-0.15, -0.1) is 0 Å². The predicted octanol–water partition coefficient (Wildman–Crippen LogP) is 3.50. The van der Waals surface area contributed by atoms with Gasteiger partial charge in [0, 0.05) is 43.6 Å². The van der Waals surface area contributed by atoms with Gasteiger partial charge in [0.1, 0.15) is 22.8 Å². The summed E-state index contributed by atoms with van der Waals surface area (Å²) < 4.78 is 12.7. The third-order valence-corrected chi connectivity index (χ3v) is 6.44. The summed E-state index contributed by atoms with van der Waals surface area (Å²) in [5.41, 5.74) is 4.37. The summed E-state index contributed by atoms with van der Waals surface area (Å²) >= 11 is 0. The number of aryl methyl sites for hydroxylation is 1. The second kappa shape index (κ2) is 8.09. The van der Waals surface area contributed by atoms with Crippen LogP contribution in [-0.4, -0.2) is 49.8 Å². The summed E-state index contributed by atoms with van der Waals surface area (Å²) in [5.74, 6) is 1.01. The normalized spacial score (nSPS) is 21.6. The molecule has 2 aliphatic rings. The Bertz CT molecular complexity index is 1130. The second-order valence-corrected chi connectivity index (χ2v) is 9.12. The topological polar surface area (TPSA) is 119 Å². The van der Waals surface area contributed by atoms with Crippen LogP contribution >= 0.6 is 0 Å². The van der Waals surface area contributed by atoms with Crippen molar-refractivity contribution in [1.29, 1.82) is 0 Å². The summed E-state index contributed by atoms with van der Waals surface area (Å²) in [5, 5.41) is 18.5. The second-order valence-electron chi connectivity index (χ2n) is 9.12. The lowest BCUT2D eigenvalue weighted by Gasteiger charge is -2.16. The molecular weight excluding hydrogens is 410 g/mol. The maximum Gasteiger partial charge on any atom is 0.407 e. The molecule has 0 saturated heterocycles. The van der Waals surface area contributed by atoms with Crippen LogP contribution in [0.5, 0.6) is 0 Å². The van der Waals surface area contributed by atoms with Crippen molar-refractivity contribution in [1.82, 2.24) is 30.3 Å². The smallest absolute Gasteiger partial charge is 0.407 e. The van der Waals surface area contributed by atoms with E-state index < -0.39 is 0 Å². The number of methoxy groups -OCH3 is 1. The maximum absolute atomic E-state index is 12.1. The highest BCUT2D eigenvalue weighted by molar-refractivity contribution is 5.91. The molecule has 5 rings (SSSR count). The number of carbonyl (C=O) groups excluding carboxylic acids is 1. The molecule has 0 aliphatic heterocycles. The van der Waals surface area contributed by atoms with E-state index in [0.717, 1.165) is 66.0 Å².